The van der Waals surface area contributed by atoms with Crippen molar-refractivity contribution in [3.05, 3.63) is 18.5 Å². The van der Waals surface area contributed by atoms with Crippen LogP contribution in [0.15, 0.2) is 23.5 Å². The molecule has 7 nitrogen and oxygen atoms in total. The first-order valence-electron chi connectivity index (χ1n) is 9.52. The quantitative estimate of drug-likeness (QED) is 0.322. The number of nitrogens with one attached hydrogen (secondary N) is 2. The van der Waals surface area contributed by atoms with Crippen LogP contribution in [0.3, 0.4) is 0 Å². The van der Waals surface area contributed by atoms with Gasteiger partial charge in [-0.15, -0.1) is 24.0 Å². The molecule has 26 heavy (non-hydrogen) atoms. The molecule has 1 aromatic heterocycles. The molecule has 1 aromatic rings. The molecule has 1 atom stereocenters. The zero-order valence-corrected chi connectivity index (χ0v) is 18.7. The van der Waals surface area contributed by atoms with Crippen LogP contribution in [0.2, 0.25) is 0 Å². The number of hydrogen-bond acceptors (Lipinski definition) is 4. The molecule has 1 fully saturated rings. The van der Waals surface area contributed by atoms with Crippen LogP contribution in [0.25, 0.3) is 0 Å². The number of halogens is 1. The molecular formula is C18H35IN6O. The lowest BCUT2D eigenvalue weighted by Gasteiger charge is -2.39. The minimum Gasteiger partial charge on any atom is -0.379 e. The molecule has 2 N–H and O–H groups in total. The van der Waals surface area contributed by atoms with Gasteiger partial charge in [-0.25, -0.2) is 0 Å². The lowest BCUT2D eigenvalue weighted by Crippen LogP contribution is -2.53. The maximum atomic E-state index is 5.53. The van der Waals surface area contributed by atoms with Gasteiger partial charge in [0.15, 0.2) is 5.96 Å². The highest BCUT2D eigenvalue weighted by Crippen LogP contribution is 2.19. The van der Waals surface area contributed by atoms with Crippen LogP contribution in [0.5, 0.6) is 0 Å². The highest BCUT2D eigenvalue weighted by molar-refractivity contribution is 14.0. The van der Waals surface area contributed by atoms with E-state index in [1.807, 2.05) is 24.0 Å². The van der Waals surface area contributed by atoms with Gasteiger partial charge < -0.3 is 15.4 Å². The Morgan fingerprint density at radius 2 is 1.96 bits per heavy atom. The van der Waals surface area contributed by atoms with E-state index < -0.39 is 0 Å². The summed E-state index contributed by atoms with van der Waals surface area (Å²) in [5.74, 6) is 1.55. The van der Waals surface area contributed by atoms with E-state index in [9.17, 15) is 0 Å². The average molecular weight is 478 g/mol. The Labute approximate surface area is 175 Å². The zero-order valence-electron chi connectivity index (χ0n) is 16.4. The summed E-state index contributed by atoms with van der Waals surface area (Å²) in [6.45, 7) is 10.8. The fraction of sp³-hybridized carbons (Fsp3) is 0.778. The average Bonchev–Trinajstić information content (AvgIpc) is 3.17. The summed E-state index contributed by atoms with van der Waals surface area (Å²) < 4.78 is 7.44. The molecule has 0 spiro atoms. The van der Waals surface area contributed by atoms with Gasteiger partial charge >= 0.3 is 0 Å². The van der Waals surface area contributed by atoms with Gasteiger partial charge in [0, 0.05) is 51.7 Å². The molecule has 1 saturated heterocycles. The molecule has 0 saturated carbocycles. The second-order valence-electron chi connectivity index (χ2n) is 6.44. The van der Waals surface area contributed by atoms with Crippen LogP contribution in [-0.2, 0) is 11.3 Å². The summed E-state index contributed by atoms with van der Waals surface area (Å²) in [4.78, 5) is 6.93. The Kier molecular flexibility index (Phi) is 11.9. The van der Waals surface area contributed by atoms with E-state index in [0.717, 1.165) is 51.9 Å². The molecule has 8 heteroatoms. The fourth-order valence-corrected chi connectivity index (χ4v) is 3.48. The minimum atomic E-state index is 0. The highest BCUT2D eigenvalue weighted by Gasteiger charge is 2.26. The van der Waals surface area contributed by atoms with Crippen LogP contribution in [0, 0.1) is 5.92 Å². The zero-order chi connectivity index (χ0) is 17.9. The largest absolute Gasteiger partial charge is 0.379 e. The smallest absolute Gasteiger partial charge is 0.191 e. The van der Waals surface area contributed by atoms with Crippen molar-refractivity contribution in [3.8, 4) is 0 Å². The lowest BCUT2D eigenvalue weighted by atomic mass is 9.92. The molecule has 0 aromatic carbocycles. The Morgan fingerprint density at radius 1 is 1.23 bits per heavy atom. The van der Waals surface area contributed by atoms with Crippen molar-refractivity contribution in [1.29, 1.82) is 0 Å². The van der Waals surface area contributed by atoms with Crippen molar-refractivity contribution in [2.24, 2.45) is 10.9 Å². The van der Waals surface area contributed by atoms with Crippen LogP contribution in [0.4, 0.5) is 0 Å². The van der Waals surface area contributed by atoms with Crippen molar-refractivity contribution < 1.29 is 4.74 Å². The number of hydrogen-bond donors (Lipinski definition) is 2. The summed E-state index contributed by atoms with van der Waals surface area (Å²) in [6.07, 6.45) is 6.17. The molecule has 150 valence electrons. The molecule has 1 aliphatic heterocycles. The number of guanidine groups is 1. The van der Waals surface area contributed by atoms with Gasteiger partial charge in [-0.1, -0.05) is 26.7 Å². The number of aliphatic imine (C=N–C) groups is 1. The third kappa shape index (κ3) is 7.40. The van der Waals surface area contributed by atoms with E-state index in [1.54, 1.807) is 6.20 Å². The van der Waals surface area contributed by atoms with Crippen molar-refractivity contribution in [3.63, 3.8) is 0 Å². The molecule has 1 aliphatic rings. The van der Waals surface area contributed by atoms with E-state index in [0.29, 0.717) is 12.0 Å². The van der Waals surface area contributed by atoms with Crippen LogP contribution >= 0.6 is 24.0 Å². The molecule has 1 unspecified atom stereocenters. The Morgan fingerprint density at radius 3 is 2.54 bits per heavy atom. The summed E-state index contributed by atoms with van der Waals surface area (Å²) in [5, 5.41) is 11.1. The van der Waals surface area contributed by atoms with Crippen LogP contribution < -0.4 is 10.6 Å². The maximum Gasteiger partial charge on any atom is 0.191 e. The van der Waals surface area contributed by atoms with Gasteiger partial charge in [-0.2, -0.15) is 5.10 Å². The standard InChI is InChI=1S/C18H34N6O.HI/c1-4-16(5-2)17(23-11-13-25-14-12-23)15-21-18(19-3)20-8-10-24-9-6-7-22-24;/h6-7,9,16-17H,4-5,8,10-15H2,1-3H3,(H2,19,20,21);1H. The van der Waals surface area contributed by atoms with Gasteiger partial charge in [0.2, 0.25) is 0 Å². The van der Waals surface area contributed by atoms with Crippen LogP contribution in [0.1, 0.15) is 26.7 Å². The van der Waals surface area contributed by atoms with Gasteiger partial charge in [-0.05, 0) is 12.0 Å². The first kappa shape index (κ1) is 23.2. The normalized spacial score (nSPS) is 17.0. The number of nitrogens with zero attached hydrogens (tertiary/aromatic N) is 4. The van der Waals surface area contributed by atoms with Gasteiger partial charge in [0.25, 0.3) is 0 Å². The number of morpholine rings is 1. The van der Waals surface area contributed by atoms with E-state index in [2.05, 4.69) is 39.5 Å². The third-order valence-electron chi connectivity index (χ3n) is 5.00. The van der Waals surface area contributed by atoms with Gasteiger partial charge in [0.1, 0.15) is 0 Å². The monoisotopic (exact) mass is 478 g/mol. The molecule has 0 aliphatic carbocycles. The first-order valence-corrected chi connectivity index (χ1v) is 9.52. The fourth-order valence-electron chi connectivity index (χ4n) is 3.48. The Bertz CT molecular complexity index is 486. The number of ether oxygens (including phenoxy) is 1. The van der Waals surface area contributed by atoms with Crippen molar-refractivity contribution in [2.75, 3.05) is 46.4 Å². The SMILES string of the molecule is CCC(CC)C(CNC(=NC)NCCn1cccn1)N1CCOCC1.I. The molecule has 2 heterocycles. The van der Waals surface area contributed by atoms with E-state index in [1.165, 1.54) is 12.8 Å². The maximum absolute atomic E-state index is 5.53. The highest BCUT2D eigenvalue weighted by atomic mass is 127. The molecule has 2 rings (SSSR count). The summed E-state index contributed by atoms with van der Waals surface area (Å²) >= 11 is 0. The molecule has 0 radical (unpaired) electrons. The Hall–Kier alpha value is -0.870. The molecular weight excluding hydrogens is 443 g/mol. The minimum absolute atomic E-state index is 0. The summed E-state index contributed by atoms with van der Waals surface area (Å²) in [5.41, 5.74) is 0. The predicted octanol–water partition coefficient (Wildman–Crippen LogP) is 1.80. The summed E-state index contributed by atoms with van der Waals surface area (Å²) in [7, 11) is 1.82. The second kappa shape index (κ2) is 13.3. The number of rotatable bonds is 9. The second-order valence-corrected chi connectivity index (χ2v) is 6.44. The van der Waals surface area contributed by atoms with E-state index in [-0.39, 0.29) is 24.0 Å². The topological polar surface area (TPSA) is 66.7 Å². The predicted molar refractivity (Wildman–Crippen MR) is 117 cm³/mol. The van der Waals surface area contributed by atoms with E-state index in [4.69, 9.17) is 4.74 Å². The molecule has 0 bridgehead atoms. The first-order chi connectivity index (χ1) is 12.3. The summed E-state index contributed by atoms with van der Waals surface area (Å²) in [6, 6.07) is 2.46. The van der Waals surface area contributed by atoms with Crippen molar-refractivity contribution in [2.45, 2.75) is 39.3 Å². The lowest BCUT2D eigenvalue weighted by molar-refractivity contribution is 0.00272. The van der Waals surface area contributed by atoms with Crippen molar-refractivity contribution >= 4 is 29.9 Å². The van der Waals surface area contributed by atoms with E-state index >= 15 is 0 Å². The van der Waals surface area contributed by atoms with Crippen molar-refractivity contribution in [1.82, 2.24) is 25.3 Å². The van der Waals surface area contributed by atoms with Gasteiger partial charge in [-0.3, -0.25) is 14.6 Å². The van der Waals surface area contributed by atoms with Crippen LogP contribution in [-0.4, -0.2) is 73.1 Å². The number of aromatic nitrogens is 2. The molecule has 0 amide bonds. The Balaban J connectivity index is 0.00000338. The third-order valence-corrected chi connectivity index (χ3v) is 5.00. The van der Waals surface area contributed by atoms with Gasteiger partial charge in [0.05, 0.1) is 19.8 Å².